The molecule has 0 aliphatic carbocycles. The molecule has 1 saturated heterocycles. The van der Waals surface area contributed by atoms with Crippen molar-refractivity contribution >= 4 is 57.6 Å². The van der Waals surface area contributed by atoms with Gasteiger partial charge in [0.15, 0.2) is 0 Å². The molecule has 8 heteroatoms. The average molecular weight is 379 g/mol. The van der Waals surface area contributed by atoms with Gasteiger partial charge in [-0.1, -0.05) is 6.07 Å². The predicted octanol–water partition coefficient (Wildman–Crippen LogP) is 3.58. The van der Waals surface area contributed by atoms with Crippen LogP contribution >= 0.6 is 34.4 Å². The number of imide groups is 1. The molecule has 124 valence electrons. The van der Waals surface area contributed by atoms with E-state index in [0.29, 0.717) is 9.78 Å². The van der Waals surface area contributed by atoms with E-state index < -0.39 is 0 Å². The Hall–Kier alpha value is -1.90. The van der Waals surface area contributed by atoms with Gasteiger partial charge in [0.05, 0.1) is 9.78 Å². The van der Waals surface area contributed by atoms with E-state index in [9.17, 15) is 14.4 Å². The number of hydrogen-bond donors (Lipinski definition) is 1. The summed E-state index contributed by atoms with van der Waals surface area (Å²) < 4.78 is 0. The summed E-state index contributed by atoms with van der Waals surface area (Å²) in [6, 6.07) is 7.43. The first-order chi connectivity index (χ1) is 11.5. The molecule has 1 aliphatic rings. The average Bonchev–Trinajstić information content (AvgIpc) is 3.26. The monoisotopic (exact) mass is 378 g/mol. The van der Waals surface area contributed by atoms with Crippen LogP contribution in [-0.4, -0.2) is 35.0 Å². The number of carbonyl (C=O) groups is 3. The van der Waals surface area contributed by atoms with E-state index in [1.807, 2.05) is 30.5 Å². The molecule has 0 unspecified atom stereocenters. The summed E-state index contributed by atoms with van der Waals surface area (Å²) in [7, 11) is 0. The van der Waals surface area contributed by atoms with Crippen molar-refractivity contribution in [3.05, 3.63) is 49.2 Å². The highest BCUT2D eigenvalue weighted by Crippen LogP contribution is 2.32. The van der Waals surface area contributed by atoms with Gasteiger partial charge in [-0.25, -0.2) is 0 Å². The lowest BCUT2D eigenvalue weighted by atomic mass is 10.3. The Morgan fingerprint density at radius 2 is 2.12 bits per heavy atom. The van der Waals surface area contributed by atoms with Crippen molar-refractivity contribution in [2.45, 2.75) is 6.92 Å². The second kappa shape index (κ2) is 7.33. The lowest BCUT2D eigenvalue weighted by Crippen LogP contribution is -2.37. The molecule has 2 aromatic heterocycles. The van der Waals surface area contributed by atoms with Crippen molar-refractivity contribution in [3.8, 4) is 0 Å². The zero-order valence-electron chi connectivity index (χ0n) is 12.8. The van der Waals surface area contributed by atoms with E-state index in [-0.39, 0.29) is 30.1 Å². The summed E-state index contributed by atoms with van der Waals surface area (Å²) in [5.41, 5.74) is 0. The normalized spacial score (nSPS) is 16.2. The van der Waals surface area contributed by atoms with Crippen molar-refractivity contribution in [2.24, 2.45) is 0 Å². The number of aryl methyl sites for hydroxylation is 1. The predicted molar refractivity (Wildman–Crippen MR) is 98.4 cm³/mol. The molecule has 3 rings (SSSR count). The van der Waals surface area contributed by atoms with Gasteiger partial charge in [0, 0.05) is 22.8 Å². The van der Waals surface area contributed by atoms with Crippen LogP contribution < -0.4 is 5.32 Å². The molecule has 2 aromatic rings. The van der Waals surface area contributed by atoms with Crippen molar-refractivity contribution in [1.29, 1.82) is 0 Å². The minimum absolute atomic E-state index is 0.169. The summed E-state index contributed by atoms with van der Waals surface area (Å²) in [5.74, 6) is -0.492. The highest BCUT2D eigenvalue weighted by atomic mass is 32.2. The number of thioether (sulfide) groups is 1. The molecule has 0 bridgehead atoms. The first-order valence-corrected chi connectivity index (χ1v) is 9.69. The Morgan fingerprint density at radius 1 is 1.29 bits per heavy atom. The maximum absolute atomic E-state index is 12.3. The lowest BCUT2D eigenvalue weighted by molar-refractivity contribution is -0.122. The van der Waals surface area contributed by atoms with Gasteiger partial charge in [0.2, 0.25) is 0 Å². The number of thiophene rings is 2. The van der Waals surface area contributed by atoms with Crippen LogP contribution in [-0.2, 0) is 4.79 Å². The molecule has 5 nitrogen and oxygen atoms in total. The van der Waals surface area contributed by atoms with Gasteiger partial charge in [0.1, 0.15) is 0 Å². The van der Waals surface area contributed by atoms with Crippen LogP contribution in [0.4, 0.5) is 4.79 Å². The van der Waals surface area contributed by atoms with E-state index >= 15 is 0 Å². The Kier molecular flexibility index (Phi) is 5.17. The zero-order valence-corrected chi connectivity index (χ0v) is 15.2. The lowest BCUT2D eigenvalue weighted by Gasteiger charge is -2.12. The quantitative estimate of drug-likeness (QED) is 0.808. The number of nitrogens with zero attached hydrogens (tertiary/aromatic N) is 1. The van der Waals surface area contributed by atoms with Gasteiger partial charge >= 0.3 is 0 Å². The third-order valence-corrected chi connectivity index (χ3v) is 6.00. The van der Waals surface area contributed by atoms with E-state index in [2.05, 4.69) is 5.32 Å². The fourth-order valence-corrected chi connectivity index (χ4v) is 4.49. The van der Waals surface area contributed by atoms with E-state index in [0.717, 1.165) is 21.5 Å². The minimum atomic E-state index is -0.306. The smallest absolute Gasteiger partial charge is 0.293 e. The maximum atomic E-state index is 12.3. The second-order valence-electron chi connectivity index (χ2n) is 5.01. The van der Waals surface area contributed by atoms with Gasteiger partial charge in [-0.15, -0.1) is 22.7 Å². The van der Waals surface area contributed by atoms with Crippen LogP contribution in [0.3, 0.4) is 0 Å². The fourth-order valence-electron chi connectivity index (χ4n) is 2.12. The molecular formula is C16H14N2O3S3. The van der Waals surface area contributed by atoms with Gasteiger partial charge in [0.25, 0.3) is 17.1 Å². The van der Waals surface area contributed by atoms with Crippen LogP contribution in [0.1, 0.15) is 19.4 Å². The van der Waals surface area contributed by atoms with Gasteiger partial charge in [-0.05, 0) is 48.3 Å². The van der Waals surface area contributed by atoms with Gasteiger partial charge in [-0.3, -0.25) is 19.3 Å². The minimum Gasteiger partial charge on any atom is -0.350 e. The molecular weight excluding hydrogens is 364 g/mol. The highest BCUT2D eigenvalue weighted by molar-refractivity contribution is 8.18. The van der Waals surface area contributed by atoms with Crippen LogP contribution in [0.5, 0.6) is 0 Å². The standard InChI is InChI=1S/C16H14N2O3S3/c1-10-4-5-12(23-10)14(19)17-6-7-18-15(20)13(24-16(18)21)9-11-3-2-8-22-11/h2-5,8-9H,6-7H2,1H3,(H,17,19). The topological polar surface area (TPSA) is 66.5 Å². The van der Waals surface area contributed by atoms with Crippen molar-refractivity contribution < 1.29 is 14.4 Å². The van der Waals surface area contributed by atoms with Crippen molar-refractivity contribution in [2.75, 3.05) is 13.1 Å². The molecule has 3 amide bonds. The molecule has 1 fully saturated rings. The molecule has 0 spiro atoms. The summed E-state index contributed by atoms with van der Waals surface area (Å²) in [6.45, 7) is 2.34. The first-order valence-electron chi connectivity index (χ1n) is 7.18. The Labute approximate surface area is 151 Å². The molecule has 0 radical (unpaired) electrons. The van der Waals surface area contributed by atoms with Gasteiger partial charge in [-0.2, -0.15) is 0 Å². The summed E-state index contributed by atoms with van der Waals surface area (Å²) in [5, 5.41) is 4.35. The van der Waals surface area contributed by atoms with Gasteiger partial charge < -0.3 is 5.32 Å². The van der Waals surface area contributed by atoms with Crippen LogP contribution in [0, 0.1) is 6.92 Å². The molecule has 0 saturated carbocycles. The number of hydrogen-bond acceptors (Lipinski definition) is 6. The summed E-state index contributed by atoms with van der Waals surface area (Å²) in [6.07, 6.45) is 1.72. The SMILES string of the molecule is Cc1ccc(C(=O)NCCN2C(=O)SC(=Cc3cccs3)C2=O)s1. The van der Waals surface area contributed by atoms with E-state index in [1.165, 1.54) is 27.6 Å². The van der Waals surface area contributed by atoms with Crippen LogP contribution in [0.2, 0.25) is 0 Å². The second-order valence-corrected chi connectivity index (χ2v) is 8.28. The number of rotatable bonds is 5. The zero-order chi connectivity index (χ0) is 17.1. The molecule has 0 aromatic carbocycles. The molecule has 1 N–H and O–H groups in total. The van der Waals surface area contributed by atoms with E-state index in [1.54, 1.807) is 12.1 Å². The van der Waals surface area contributed by atoms with Crippen LogP contribution in [0.25, 0.3) is 6.08 Å². The summed E-state index contributed by atoms with van der Waals surface area (Å²) >= 11 is 3.85. The number of amides is 3. The number of carbonyl (C=O) groups excluding carboxylic acids is 3. The van der Waals surface area contributed by atoms with Crippen molar-refractivity contribution in [3.63, 3.8) is 0 Å². The third-order valence-electron chi connectivity index (χ3n) is 3.28. The highest BCUT2D eigenvalue weighted by Gasteiger charge is 2.34. The van der Waals surface area contributed by atoms with E-state index in [4.69, 9.17) is 0 Å². The molecule has 0 atom stereocenters. The third kappa shape index (κ3) is 3.77. The number of nitrogens with one attached hydrogen (secondary N) is 1. The Morgan fingerprint density at radius 3 is 2.79 bits per heavy atom. The fraction of sp³-hybridized carbons (Fsp3) is 0.188. The molecule has 3 heterocycles. The molecule has 1 aliphatic heterocycles. The maximum Gasteiger partial charge on any atom is 0.293 e. The largest absolute Gasteiger partial charge is 0.350 e. The van der Waals surface area contributed by atoms with Crippen molar-refractivity contribution in [1.82, 2.24) is 10.2 Å². The molecule has 24 heavy (non-hydrogen) atoms. The first kappa shape index (κ1) is 16.9. The summed E-state index contributed by atoms with van der Waals surface area (Å²) in [4.78, 5) is 40.5. The van der Waals surface area contributed by atoms with Crippen LogP contribution in [0.15, 0.2) is 34.6 Å². The Bertz CT molecular complexity index is 808. The Balaban J connectivity index is 1.56.